The SMILES string of the molecule is CC(=O)c1ccccc1.O=C(c1ccccc1)c1ccccc1O. The van der Waals surface area contributed by atoms with E-state index in [0.29, 0.717) is 11.1 Å². The van der Waals surface area contributed by atoms with Gasteiger partial charge >= 0.3 is 0 Å². The van der Waals surface area contributed by atoms with Crippen LogP contribution in [0.1, 0.15) is 33.2 Å². The van der Waals surface area contributed by atoms with E-state index in [1.165, 1.54) is 6.07 Å². The lowest BCUT2D eigenvalue weighted by Gasteiger charge is -2.02. The standard InChI is InChI=1S/C13H10O2.C8H8O/c14-12-9-5-4-8-11(12)13(15)10-6-2-1-3-7-10;1-7(9)8-5-3-2-4-6-8/h1-9,14H;2-6H,1H3. The number of benzene rings is 3. The largest absolute Gasteiger partial charge is 0.507 e. The minimum absolute atomic E-state index is 0.0198. The molecule has 0 aliphatic heterocycles. The molecule has 3 aromatic rings. The average Bonchev–Trinajstić information content (AvgIpc) is 2.63. The molecule has 0 amide bonds. The van der Waals surface area contributed by atoms with Gasteiger partial charge in [0, 0.05) is 11.1 Å². The van der Waals surface area contributed by atoms with Crippen LogP contribution < -0.4 is 0 Å². The van der Waals surface area contributed by atoms with E-state index in [9.17, 15) is 14.7 Å². The van der Waals surface area contributed by atoms with Crippen molar-refractivity contribution in [2.24, 2.45) is 0 Å². The summed E-state index contributed by atoms with van der Waals surface area (Å²) in [5.41, 5.74) is 1.69. The molecule has 0 fully saturated rings. The highest BCUT2D eigenvalue weighted by Crippen LogP contribution is 2.19. The number of carbonyl (C=O) groups is 2. The number of ketones is 2. The second-order valence-electron chi connectivity index (χ2n) is 5.13. The monoisotopic (exact) mass is 318 g/mol. The van der Waals surface area contributed by atoms with Gasteiger partial charge in [-0.2, -0.15) is 0 Å². The molecule has 0 aliphatic carbocycles. The summed E-state index contributed by atoms with van der Waals surface area (Å²) in [6.07, 6.45) is 0. The lowest BCUT2D eigenvalue weighted by Crippen LogP contribution is -2.00. The summed E-state index contributed by atoms with van der Waals surface area (Å²) < 4.78 is 0. The van der Waals surface area contributed by atoms with Crippen LogP contribution in [0.2, 0.25) is 0 Å². The van der Waals surface area contributed by atoms with Crippen LogP contribution in [0.4, 0.5) is 0 Å². The average molecular weight is 318 g/mol. The van der Waals surface area contributed by atoms with Gasteiger partial charge in [0.05, 0.1) is 5.56 Å². The number of phenolic OH excluding ortho intramolecular Hbond substituents is 1. The molecule has 0 aromatic heterocycles. The van der Waals surface area contributed by atoms with Crippen molar-refractivity contribution < 1.29 is 14.7 Å². The molecule has 120 valence electrons. The zero-order chi connectivity index (χ0) is 17.4. The van der Waals surface area contributed by atoms with Gasteiger partial charge < -0.3 is 5.11 Å². The highest BCUT2D eigenvalue weighted by atomic mass is 16.3. The van der Waals surface area contributed by atoms with Crippen LogP contribution in [-0.4, -0.2) is 16.7 Å². The summed E-state index contributed by atoms with van der Waals surface area (Å²) in [5.74, 6) is -0.0179. The lowest BCUT2D eigenvalue weighted by molar-refractivity contribution is 0.101. The Balaban J connectivity index is 0.000000198. The Hall–Kier alpha value is -3.20. The quantitative estimate of drug-likeness (QED) is 0.723. The van der Waals surface area contributed by atoms with Crippen LogP contribution in [0.5, 0.6) is 5.75 Å². The minimum atomic E-state index is -0.159. The number of carbonyl (C=O) groups excluding carboxylic acids is 2. The number of Topliss-reactive ketones (excluding diaryl/α,β-unsaturated/α-hetero) is 1. The summed E-state index contributed by atoms with van der Waals surface area (Å²) in [7, 11) is 0. The summed E-state index contributed by atoms with van der Waals surface area (Å²) in [5, 5.41) is 9.52. The Bertz CT molecular complexity index is 809. The number of aromatic hydroxyl groups is 1. The number of para-hydroxylation sites is 1. The number of rotatable bonds is 3. The van der Waals surface area contributed by atoms with Gasteiger partial charge in [0.25, 0.3) is 0 Å². The topological polar surface area (TPSA) is 54.4 Å². The van der Waals surface area contributed by atoms with Gasteiger partial charge in [-0.15, -0.1) is 0 Å². The summed E-state index contributed by atoms with van der Waals surface area (Å²) in [6.45, 7) is 1.56. The van der Waals surface area contributed by atoms with Gasteiger partial charge in [-0.05, 0) is 19.1 Å². The van der Waals surface area contributed by atoms with Crippen molar-refractivity contribution in [3.05, 3.63) is 102 Å². The second-order valence-corrected chi connectivity index (χ2v) is 5.13. The molecule has 3 nitrogen and oxygen atoms in total. The van der Waals surface area contributed by atoms with Crippen LogP contribution in [0.3, 0.4) is 0 Å². The normalized spacial score (nSPS) is 9.54. The van der Waals surface area contributed by atoms with Gasteiger partial charge in [0.1, 0.15) is 5.75 Å². The van der Waals surface area contributed by atoms with Gasteiger partial charge in [0.15, 0.2) is 11.6 Å². The number of hydrogen-bond acceptors (Lipinski definition) is 3. The predicted molar refractivity (Wildman–Crippen MR) is 94.4 cm³/mol. The third-order valence-electron chi connectivity index (χ3n) is 3.36. The van der Waals surface area contributed by atoms with Crippen molar-refractivity contribution in [3.8, 4) is 5.75 Å². The Morgan fingerprint density at radius 3 is 1.58 bits per heavy atom. The van der Waals surface area contributed by atoms with Crippen molar-refractivity contribution in [1.82, 2.24) is 0 Å². The van der Waals surface area contributed by atoms with E-state index in [4.69, 9.17) is 0 Å². The molecule has 1 N–H and O–H groups in total. The summed E-state index contributed by atoms with van der Waals surface area (Å²) in [4.78, 5) is 22.6. The van der Waals surface area contributed by atoms with E-state index in [2.05, 4.69) is 0 Å². The smallest absolute Gasteiger partial charge is 0.196 e. The third kappa shape index (κ3) is 4.65. The van der Waals surface area contributed by atoms with Crippen LogP contribution in [-0.2, 0) is 0 Å². The van der Waals surface area contributed by atoms with Gasteiger partial charge in [-0.3, -0.25) is 9.59 Å². The van der Waals surface area contributed by atoms with Gasteiger partial charge in [0.2, 0.25) is 0 Å². The minimum Gasteiger partial charge on any atom is -0.507 e. The highest BCUT2D eigenvalue weighted by molar-refractivity contribution is 6.10. The molecule has 0 bridgehead atoms. The summed E-state index contributed by atoms with van der Waals surface area (Å²) >= 11 is 0. The number of hydrogen-bond donors (Lipinski definition) is 1. The maximum Gasteiger partial charge on any atom is 0.196 e. The van der Waals surface area contributed by atoms with E-state index in [1.807, 2.05) is 36.4 Å². The molecule has 3 heteroatoms. The number of phenols is 1. The highest BCUT2D eigenvalue weighted by Gasteiger charge is 2.11. The van der Waals surface area contributed by atoms with E-state index in [0.717, 1.165) is 5.56 Å². The molecule has 0 aliphatic rings. The van der Waals surface area contributed by atoms with Crippen molar-refractivity contribution >= 4 is 11.6 Å². The fraction of sp³-hybridized carbons (Fsp3) is 0.0476. The molecule has 0 atom stereocenters. The lowest BCUT2D eigenvalue weighted by atomic mass is 10.0. The molecular weight excluding hydrogens is 300 g/mol. The van der Waals surface area contributed by atoms with Crippen LogP contribution in [0.15, 0.2) is 84.9 Å². The predicted octanol–water partition coefficient (Wildman–Crippen LogP) is 4.51. The molecule has 3 aromatic carbocycles. The first-order chi connectivity index (χ1) is 11.6. The van der Waals surface area contributed by atoms with Crippen molar-refractivity contribution in [1.29, 1.82) is 0 Å². The fourth-order valence-electron chi connectivity index (χ4n) is 2.08. The fourth-order valence-corrected chi connectivity index (χ4v) is 2.08. The van der Waals surface area contributed by atoms with Crippen LogP contribution in [0.25, 0.3) is 0 Å². The van der Waals surface area contributed by atoms with E-state index >= 15 is 0 Å². The Kier molecular flexibility index (Phi) is 6.03. The molecule has 24 heavy (non-hydrogen) atoms. The second kappa shape index (κ2) is 8.44. The first kappa shape index (κ1) is 17.2. The molecule has 0 radical (unpaired) electrons. The molecule has 0 heterocycles. The van der Waals surface area contributed by atoms with Crippen LogP contribution in [0, 0.1) is 0 Å². The maximum atomic E-state index is 11.9. The summed E-state index contributed by atoms with van der Waals surface area (Å²) in [6, 6.07) is 24.7. The zero-order valence-electron chi connectivity index (χ0n) is 13.3. The van der Waals surface area contributed by atoms with Crippen molar-refractivity contribution in [2.75, 3.05) is 0 Å². The van der Waals surface area contributed by atoms with Crippen molar-refractivity contribution in [3.63, 3.8) is 0 Å². The first-order valence-electron chi connectivity index (χ1n) is 7.53. The zero-order valence-corrected chi connectivity index (χ0v) is 13.3. The molecule has 0 spiro atoms. The van der Waals surface area contributed by atoms with Gasteiger partial charge in [-0.25, -0.2) is 0 Å². The molecule has 0 unspecified atom stereocenters. The Morgan fingerprint density at radius 2 is 1.12 bits per heavy atom. The Labute approximate surface area is 141 Å². The Morgan fingerprint density at radius 1 is 0.667 bits per heavy atom. The molecule has 0 saturated carbocycles. The van der Waals surface area contributed by atoms with E-state index < -0.39 is 0 Å². The third-order valence-corrected chi connectivity index (χ3v) is 3.36. The van der Waals surface area contributed by atoms with Crippen molar-refractivity contribution in [2.45, 2.75) is 6.92 Å². The van der Waals surface area contributed by atoms with Gasteiger partial charge in [-0.1, -0.05) is 72.8 Å². The molecular formula is C21H18O3. The maximum absolute atomic E-state index is 11.9. The van der Waals surface area contributed by atoms with Crippen LogP contribution >= 0.6 is 0 Å². The molecule has 0 saturated heterocycles. The molecule has 3 rings (SSSR count). The first-order valence-corrected chi connectivity index (χ1v) is 7.53. The van der Waals surface area contributed by atoms with E-state index in [-0.39, 0.29) is 17.3 Å². The van der Waals surface area contributed by atoms with E-state index in [1.54, 1.807) is 49.4 Å².